The Morgan fingerprint density at radius 1 is 1.54 bits per heavy atom. The highest BCUT2D eigenvalue weighted by Gasteiger charge is 2.50. The van der Waals surface area contributed by atoms with Crippen molar-refractivity contribution in [3.8, 4) is 0 Å². The number of nitrogens with zero attached hydrogens (tertiary/aromatic N) is 1. The molecule has 2 heterocycles. The number of hydrogen-bond acceptors (Lipinski definition) is 2. The molecule has 4 heteroatoms. The van der Waals surface area contributed by atoms with Crippen LogP contribution in [0.2, 0.25) is 0 Å². The van der Waals surface area contributed by atoms with Crippen molar-refractivity contribution in [2.24, 2.45) is 5.92 Å². The van der Waals surface area contributed by atoms with E-state index in [1.807, 2.05) is 0 Å². The van der Waals surface area contributed by atoms with Crippen LogP contribution in [-0.4, -0.2) is 41.3 Å². The molecule has 3 nitrogen and oxygen atoms in total. The predicted octanol–water partition coefficient (Wildman–Crippen LogP) is 0.895. The van der Waals surface area contributed by atoms with Gasteiger partial charge in [0.05, 0.1) is 0 Å². The zero-order valence-electron chi connectivity index (χ0n) is 7.50. The van der Waals surface area contributed by atoms with E-state index < -0.39 is 11.6 Å². The number of carboxylic acid groups (broad SMARTS) is 1. The molecule has 0 radical (unpaired) electrons. The molecular weight excluding hydrogens is 173 g/mol. The van der Waals surface area contributed by atoms with E-state index in [0.717, 1.165) is 19.4 Å². The summed E-state index contributed by atoms with van der Waals surface area (Å²) in [5.74, 6) is -1.55. The second-order valence-corrected chi connectivity index (χ2v) is 4.06. The van der Waals surface area contributed by atoms with Gasteiger partial charge in [0.2, 0.25) is 5.67 Å². The summed E-state index contributed by atoms with van der Waals surface area (Å²) in [6.45, 7) is 2.23. The van der Waals surface area contributed by atoms with Crippen molar-refractivity contribution in [3.63, 3.8) is 0 Å². The molecule has 2 fully saturated rings. The first kappa shape index (κ1) is 8.94. The van der Waals surface area contributed by atoms with Crippen LogP contribution in [0.5, 0.6) is 0 Å². The molecule has 0 aromatic rings. The number of aliphatic carboxylic acids is 1. The van der Waals surface area contributed by atoms with E-state index in [1.54, 1.807) is 0 Å². The summed E-state index contributed by atoms with van der Waals surface area (Å²) in [7, 11) is 0. The molecule has 13 heavy (non-hydrogen) atoms. The second kappa shape index (κ2) is 2.94. The molecule has 3 unspecified atom stereocenters. The first-order valence-corrected chi connectivity index (χ1v) is 4.77. The molecule has 2 rings (SSSR count). The number of piperidine rings is 2. The van der Waals surface area contributed by atoms with E-state index in [-0.39, 0.29) is 12.3 Å². The van der Waals surface area contributed by atoms with Crippen LogP contribution in [0.4, 0.5) is 4.39 Å². The quantitative estimate of drug-likeness (QED) is 0.663. The first-order valence-electron chi connectivity index (χ1n) is 4.77. The van der Waals surface area contributed by atoms with Gasteiger partial charge in [-0.3, -0.25) is 0 Å². The highest BCUT2D eigenvalue weighted by molar-refractivity contribution is 5.78. The highest BCUT2D eigenvalue weighted by Crippen LogP contribution is 2.37. The Balaban J connectivity index is 2.17. The lowest BCUT2D eigenvalue weighted by Gasteiger charge is -2.44. The fourth-order valence-electron chi connectivity index (χ4n) is 2.44. The zero-order valence-corrected chi connectivity index (χ0v) is 7.50. The van der Waals surface area contributed by atoms with Crippen LogP contribution >= 0.6 is 0 Å². The Kier molecular flexibility index (Phi) is 2.02. The summed E-state index contributed by atoms with van der Waals surface area (Å²) in [4.78, 5) is 12.9. The van der Waals surface area contributed by atoms with Crippen LogP contribution in [0.3, 0.4) is 0 Å². The molecule has 0 aromatic carbocycles. The molecule has 0 amide bonds. The molecule has 0 saturated carbocycles. The summed E-state index contributed by atoms with van der Waals surface area (Å²) in [5.41, 5.74) is -1.95. The van der Waals surface area contributed by atoms with Crippen molar-refractivity contribution in [1.29, 1.82) is 0 Å². The number of rotatable bonds is 1. The molecule has 0 aromatic heterocycles. The maximum Gasteiger partial charge on any atom is 0.341 e. The standard InChI is InChI=1S/C9H14FNO2/c10-9(8(12)13)3-5-11-4-1-2-7(9)6-11/h7H,1-6H2,(H,12,13). The Morgan fingerprint density at radius 2 is 2.31 bits per heavy atom. The number of hydrogen-bond donors (Lipinski definition) is 1. The third kappa shape index (κ3) is 1.33. The van der Waals surface area contributed by atoms with Crippen molar-refractivity contribution in [2.75, 3.05) is 19.6 Å². The lowest BCUT2D eigenvalue weighted by Crippen LogP contribution is -2.56. The molecule has 0 aliphatic carbocycles. The first-order chi connectivity index (χ1) is 6.13. The monoisotopic (exact) mass is 187 g/mol. The third-order valence-electron chi connectivity index (χ3n) is 3.30. The van der Waals surface area contributed by atoms with E-state index >= 15 is 0 Å². The maximum atomic E-state index is 13.9. The molecule has 2 saturated heterocycles. The van der Waals surface area contributed by atoms with Gasteiger partial charge in [-0.25, -0.2) is 9.18 Å². The lowest BCUT2D eigenvalue weighted by atomic mass is 9.77. The molecule has 0 spiro atoms. The van der Waals surface area contributed by atoms with Gasteiger partial charge in [0, 0.05) is 25.4 Å². The smallest absolute Gasteiger partial charge is 0.341 e. The molecule has 2 aliphatic rings. The van der Waals surface area contributed by atoms with E-state index in [2.05, 4.69) is 4.90 Å². The van der Waals surface area contributed by atoms with Gasteiger partial charge in [-0.15, -0.1) is 0 Å². The minimum Gasteiger partial charge on any atom is -0.479 e. The third-order valence-corrected chi connectivity index (χ3v) is 3.30. The number of fused-ring (bicyclic) bond motifs is 2. The molecule has 74 valence electrons. The lowest BCUT2D eigenvalue weighted by molar-refractivity contribution is -0.161. The SMILES string of the molecule is O=C(O)C1(F)CCN2CCCC1C2. The fraction of sp³-hybridized carbons (Fsp3) is 0.889. The van der Waals surface area contributed by atoms with Gasteiger partial charge in [-0.05, 0) is 19.4 Å². The van der Waals surface area contributed by atoms with Gasteiger partial charge in [0.25, 0.3) is 0 Å². The summed E-state index contributed by atoms with van der Waals surface area (Å²) < 4.78 is 13.9. The second-order valence-electron chi connectivity index (χ2n) is 4.06. The summed E-state index contributed by atoms with van der Waals surface area (Å²) >= 11 is 0. The Labute approximate surface area is 76.5 Å². The van der Waals surface area contributed by atoms with Gasteiger partial charge in [-0.1, -0.05) is 0 Å². The number of alkyl halides is 1. The van der Waals surface area contributed by atoms with Gasteiger partial charge in [-0.2, -0.15) is 0 Å². The summed E-state index contributed by atoms with van der Waals surface area (Å²) in [5, 5.41) is 8.82. The molecule has 2 bridgehead atoms. The van der Waals surface area contributed by atoms with Crippen LogP contribution < -0.4 is 0 Å². The predicted molar refractivity (Wildman–Crippen MR) is 45.3 cm³/mol. The Morgan fingerprint density at radius 3 is 3.00 bits per heavy atom. The van der Waals surface area contributed by atoms with E-state index in [9.17, 15) is 9.18 Å². The average molecular weight is 187 g/mol. The topological polar surface area (TPSA) is 40.5 Å². The van der Waals surface area contributed by atoms with Crippen LogP contribution in [0.1, 0.15) is 19.3 Å². The molecule has 3 atom stereocenters. The van der Waals surface area contributed by atoms with Gasteiger partial charge >= 0.3 is 5.97 Å². The van der Waals surface area contributed by atoms with Crippen molar-refractivity contribution in [2.45, 2.75) is 24.9 Å². The zero-order chi connectivity index (χ0) is 9.47. The molecule has 2 aliphatic heterocycles. The highest BCUT2D eigenvalue weighted by atomic mass is 19.1. The van der Waals surface area contributed by atoms with Crippen molar-refractivity contribution >= 4 is 5.97 Å². The van der Waals surface area contributed by atoms with Crippen LogP contribution in [0.15, 0.2) is 0 Å². The number of halogens is 1. The molecule has 1 N–H and O–H groups in total. The van der Waals surface area contributed by atoms with Gasteiger partial charge in [0.1, 0.15) is 0 Å². The van der Waals surface area contributed by atoms with Gasteiger partial charge in [0.15, 0.2) is 0 Å². The number of carboxylic acids is 1. The van der Waals surface area contributed by atoms with Crippen molar-refractivity contribution in [3.05, 3.63) is 0 Å². The van der Waals surface area contributed by atoms with Crippen LogP contribution in [-0.2, 0) is 4.79 Å². The van der Waals surface area contributed by atoms with E-state index in [4.69, 9.17) is 5.11 Å². The largest absolute Gasteiger partial charge is 0.479 e. The normalized spacial score (nSPS) is 44.4. The van der Waals surface area contributed by atoms with Crippen molar-refractivity contribution in [1.82, 2.24) is 4.90 Å². The van der Waals surface area contributed by atoms with Crippen LogP contribution in [0.25, 0.3) is 0 Å². The van der Waals surface area contributed by atoms with E-state index in [1.165, 1.54) is 0 Å². The Hall–Kier alpha value is -0.640. The minimum atomic E-state index is -1.95. The average Bonchev–Trinajstić information content (AvgIpc) is 2.13. The minimum absolute atomic E-state index is 0.160. The molecular formula is C9H14FNO2. The number of carbonyl (C=O) groups is 1. The fourth-order valence-corrected chi connectivity index (χ4v) is 2.44. The van der Waals surface area contributed by atoms with Crippen molar-refractivity contribution < 1.29 is 14.3 Å². The summed E-state index contributed by atoms with van der Waals surface area (Å²) in [6, 6.07) is 0. The van der Waals surface area contributed by atoms with Crippen LogP contribution in [0, 0.1) is 5.92 Å². The van der Waals surface area contributed by atoms with Gasteiger partial charge < -0.3 is 10.0 Å². The summed E-state index contributed by atoms with van der Waals surface area (Å²) in [6.07, 6.45) is 1.82. The maximum absolute atomic E-state index is 13.9. The Bertz CT molecular complexity index is 234. The van der Waals surface area contributed by atoms with E-state index in [0.29, 0.717) is 13.1 Å².